The minimum absolute atomic E-state index is 0.0357. The zero-order valence-corrected chi connectivity index (χ0v) is 18.9. The van der Waals surface area contributed by atoms with Crippen LogP contribution in [0.4, 0.5) is 30.7 Å². The zero-order valence-electron chi connectivity index (χ0n) is 18.9. The number of hydrogen-bond acceptors (Lipinski definition) is 5. The fraction of sp³-hybridized carbons (Fsp3) is 0.304. The van der Waals surface area contributed by atoms with Crippen LogP contribution in [0.3, 0.4) is 0 Å². The van der Waals surface area contributed by atoms with Gasteiger partial charge in [0.25, 0.3) is 11.8 Å². The van der Waals surface area contributed by atoms with Crippen molar-refractivity contribution in [1.82, 2.24) is 15.5 Å². The maximum absolute atomic E-state index is 15.3. The van der Waals surface area contributed by atoms with Crippen molar-refractivity contribution in [2.24, 2.45) is 0 Å². The van der Waals surface area contributed by atoms with Crippen LogP contribution in [-0.4, -0.2) is 47.1 Å². The van der Waals surface area contributed by atoms with Gasteiger partial charge in [0.2, 0.25) is 11.8 Å². The number of nitrogens with one attached hydrogen (secondary N) is 2. The van der Waals surface area contributed by atoms with Gasteiger partial charge in [-0.05, 0) is 24.6 Å². The van der Waals surface area contributed by atoms with E-state index in [2.05, 4.69) is 10.1 Å². The molecule has 4 rings (SSSR count). The summed E-state index contributed by atoms with van der Waals surface area (Å²) in [5.74, 6) is -6.31. The van der Waals surface area contributed by atoms with Crippen LogP contribution >= 0.6 is 0 Å². The number of alkyl halides is 6. The lowest BCUT2D eigenvalue weighted by Gasteiger charge is -2.29. The number of carbonyl (C=O) groups is 4. The Morgan fingerprint density at radius 2 is 1.74 bits per heavy atom. The Morgan fingerprint density at radius 1 is 1.05 bits per heavy atom. The third-order valence-corrected chi connectivity index (χ3v) is 5.95. The highest BCUT2D eigenvalue weighted by Gasteiger charge is 2.46. The molecule has 0 radical (unpaired) electrons. The van der Waals surface area contributed by atoms with Crippen LogP contribution < -0.4 is 15.4 Å². The van der Waals surface area contributed by atoms with E-state index in [4.69, 9.17) is 0 Å². The average molecular weight is 547 g/mol. The summed E-state index contributed by atoms with van der Waals surface area (Å²) in [6.45, 7) is -0.502. The van der Waals surface area contributed by atoms with Crippen molar-refractivity contribution < 1.29 is 54.6 Å². The SMILES string of the molecule is O=C1CCC(N2Cc3c(ccc(C(=O)NC(c4ccccc4OC(F)(F)F)C(F)(F)F)c3F)C2=O)C(=O)N1. The van der Waals surface area contributed by atoms with Crippen molar-refractivity contribution >= 4 is 23.6 Å². The predicted octanol–water partition coefficient (Wildman–Crippen LogP) is 3.52. The highest BCUT2D eigenvalue weighted by atomic mass is 19.4. The molecule has 2 atom stereocenters. The molecule has 0 spiro atoms. The summed E-state index contributed by atoms with van der Waals surface area (Å²) < 4.78 is 98.6. The van der Waals surface area contributed by atoms with Gasteiger partial charge in [-0.3, -0.25) is 24.5 Å². The van der Waals surface area contributed by atoms with Crippen LogP contribution in [0.5, 0.6) is 5.75 Å². The number of rotatable bonds is 5. The molecule has 2 N–H and O–H groups in total. The summed E-state index contributed by atoms with van der Waals surface area (Å²) >= 11 is 0. The van der Waals surface area contributed by atoms with Crippen LogP contribution in [-0.2, 0) is 16.1 Å². The van der Waals surface area contributed by atoms with Gasteiger partial charge in [0.1, 0.15) is 17.6 Å². The molecule has 2 heterocycles. The molecule has 0 bridgehead atoms. The molecule has 1 fully saturated rings. The van der Waals surface area contributed by atoms with Gasteiger partial charge in [-0.25, -0.2) is 4.39 Å². The Kier molecular flexibility index (Phi) is 6.80. The molecule has 0 saturated carbocycles. The fourth-order valence-corrected chi connectivity index (χ4v) is 4.26. The maximum Gasteiger partial charge on any atom is 0.573 e. The van der Waals surface area contributed by atoms with Gasteiger partial charge in [-0.1, -0.05) is 18.2 Å². The summed E-state index contributed by atoms with van der Waals surface area (Å²) in [6.07, 6.45) is -10.8. The van der Waals surface area contributed by atoms with Crippen molar-refractivity contribution in [3.05, 3.63) is 64.5 Å². The summed E-state index contributed by atoms with van der Waals surface area (Å²) in [4.78, 5) is 50.0. The molecule has 38 heavy (non-hydrogen) atoms. The Labute approximate surface area is 208 Å². The van der Waals surface area contributed by atoms with Crippen molar-refractivity contribution in [3.63, 3.8) is 0 Å². The fourth-order valence-electron chi connectivity index (χ4n) is 4.26. The number of benzene rings is 2. The topological polar surface area (TPSA) is 105 Å². The van der Waals surface area contributed by atoms with Crippen molar-refractivity contribution in [1.29, 1.82) is 0 Å². The van der Waals surface area contributed by atoms with E-state index in [1.165, 1.54) is 5.32 Å². The van der Waals surface area contributed by atoms with Crippen LogP contribution in [0.25, 0.3) is 0 Å². The monoisotopic (exact) mass is 547 g/mol. The quantitative estimate of drug-likeness (QED) is 0.441. The largest absolute Gasteiger partial charge is 0.573 e. The van der Waals surface area contributed by atoms with Crippen LogP contribution in [0, 0.1) is 5.82 Å². The van der Waals surface area contributed by atoms with Gasteiger partial charge >= 0.3 is 12.5 Å². The highest BCUT2D eigenvalue weighted by Crippen LogP contribution is 2.39. The molecule has 0 aliphatic carbocycles. The first-order valence-electron chi connectivity index (χ1n) is 10.9. The second-order valence-corrected chi connectivity index (χ2v) is 8.39. The number of para-hydroxylation sites is 1. The Balaban J connectivity index is 1.62. The van der Waals surface area contributed by atoms with Gasteiger partial charge < -0.3 is 15.0 Å². The number of piperidine rings is 1. The van der Waals surface area contributed by atoms with E-state index in [0.717, 1.165) is 29.2 Å². The lowest BCUT2D eigenvalue weighted by Crippen LogP contribution is -2.52. The number of hydrogen-bond donors (Lipinski definition) is 2. The minimum atomic E-state index is -5.33. The molecule has 2 aliphatic heterocycles. The highest BCUT2D eigenvalue weighted by molar-refractivity contribution is 6.06. The smallest absolute Gasteiger partial charge is 0.405 e. The third-order valence-electron chi connectivity index (χ3n) is 5.95. The summed E-state index contributed by atoms with van der Waals surface area (Å²) in [5.41, 5.74) is -2.59. The number of imide groups is 1. The normalized spacial score (nSPS) is 18.7. The molecule has 4 amide bonds. The molecule has 2 aliphatic rings. The van der Waals surface area contributed by atoms with Crippen molar-refractivity contribution in [3.8, 4) is 5.75 Å². The van der Waals surface area contributed by atoms with Gasteiger partial charge in [0, 0.05) is 23.1 Å². The maximum atomic E-state index is 15.3. The first kappa shape index (κ1) is 26.9. The molecule has 2 aromatic carbocycles. The Bertz CT molecular complexity index is 1330. The zero-order chi connectivity index (χ0) is 28.0. The van der Waals surface area contributed by atoms with E-state index in [0.29, 0.717) is 12.1 Å². The van der Waals surface area contributed by atoms with E-state index in [9.17, 15) is 45.5 Å². The van der Waals surface area contributed by atoms with E-state index in [1.54, 1.807) is 0 Å². The van der Waals surface area contributed by atoms with Crippen LogP contribution in [0.1, 0.15) is 50.7 Å². The van der Waals surface area contributed by atoms with Gasteiger partial charge in [-0.2, -0.15) is 13.2 Å². The Morgan fingerprint density at radius 3 is 2.37 bits per heavy atom. The lowest BCUT2D eigenvalue weighted by molar-refractivity contribution is -0.275. The number of amides is 4. The first-order chi connectivity index (χ1) is 17.7. The van der Waals surface area contributed by atoms with Gasteiger partial charge in [0.05, 0.1) is 12.1 Å². The van der Waals surface area contributed by atoms with Crippen LogP contribution in [0.15, 0.2) is 36.4 Å². The first-order valence-corrected chi connectivity index (χ1v) is 10.9. The van der Waals surface area contributed by atoms with Crippen LogP contribution in [0.2, 0.25) is 0 Å². The molecule has 1 saturated heterocycles. The lowest BCUT2D eigenvalue weighted by atomic mass is 10.0. The summed E-state index contributed by atoms with van der Waals surface area (Å²) in [5, 5.41) is 3.54. The number of halogens is 7. The average Bonchev–Trinajstić information content (AvgIpc) is 3.13. The van der Waals surface area contributed by atoms with Gasteiger partial charge in [0.15, 0.2) is 6.04 Å². The number of nitrogens with zero attached hydrogens (tertiary/aromatic N) is 1. The van der Waals surface area contributed by atoms with Crippen molar-refractivity contribution in [2.75, 3.05) is 0 Å². The molecule has 2 unspecified atom stereocenters. The number of carbonyl (C=O) groups excluding carboxylic acids is 4. The molecule has 8 nitrogen and oxygen atoms in total. The molecule has 0 aromatic heterocycles. The van der Waals surface area contributed by atoms with Gasteiger partial charge in [-0.15, -0.1) is 13.2 Å². The number of ether oxygens (including phenoxy) is 1. The second-order valence-electron chi connectivity index (χ2n) is 8.39. The molecule has 15 heteroatoms. The second kappa shape index (κ2) is 9.61. The summed E-state index contributed by atoms with van der Waals surface area (Å²) in [7, 11) is 0. The van der Waals surface area contributed by atoms with E-state index >= 15 is 4.39 Å². The third kappa shape index (κ3) is 5.26. The summed E-state index contributed by atoms with van der Waals surface area (Å²) in [6, 6.07) is 0.895. The van der Waals surface area contributed by atoms with E-state index in [-0.39, 0.29) is 24.0 Å². The minimum Gasteiger partial charge on any atom is -0.405 e. The molecular formula is C23H16F7N3O5. The predicted molar refractivity (Wildman–Crippen MR) is 112 cm³/mol. The van der Waals surface area contributed by atoms with E-state index < -0.39 is 77.5 Å². The molecule has 2 aromatic rings. The molecular weight excluding hydrogens is 531 g/mol. The molecule has 202 valence electrons. The number of fused-ring (bicyclic) bond motifs is 1. The standard InChI is InChI=1S/C23H16F7N3O5/c24-17-12(6-5-10-13(17)9-33(21(10)37)14-7-8-16(34)31-20(14)36)19(35)32-18(22(25,26)27)11-3-1-2-4-15(11)38-23(28,29)30/h1-6,14,18H,7-9H2,(H,32,35)(H,31,34,36). The Hall–Kier alpha value is -4.17. The van der Waals surface area contributed by atoms with Crippen molar-refractivity contribution in [2.45, 2.75) is 44.0 Å². The van der Waals surface area contributed by atoms with E-state index in [1.807, 2.05) is 0 Å².